The summed E-state index contributed by atoms with van der Waals surface area (Å²) in [4.78, 5) is 35.0. The van der Waals surface area contributed by atoms with E-state index in [1.54, 1.807) is 0 Å². The number of ketones is 1. The van der Waals surface area contributed by atoms with Gasteiger partial charge in [0, 0.05) is 23.0 Å². The fourth-order valence-electron chi connectivity index (χ4n) is 2.62. The maximum Gasteiger partial charge on any atom is 0.269 e. The summed E-state index contributed by atoms with van der Waals surface area (Å²) in [6.07, 6.45) is -2.61. The van der Waals surface area contributed by atoms with E-state index in [-0.39, 0.29) is 23.2 Å². The van der Waals surface area contributed by atoms with Crippen molar-refractivity contribution in [3.05, 3.63) is 35.4 Å². The maximum absolute atomic E-state index is 13.0. The fourth-order valence-corrected chi connectivity index (χ4v) is 2.62. The van der Waals surface area contributed by atoms with E-state index >= 15 is 0 Å². The second kappa shape index (κ2) is 9.49. The molecule has 0 aliphatic heterocycles. The Morgan fingerprint density at radius 3 is 2.33 bits per heavy atom. The SMILES string of the molecule is CC(=O)C1CC1C#CC#Cc1ccc(C(=O)NC(C(=O)NO)C(C)(O)C(F)F)cc1. The highest BCUT2D eigenvalue weighted by atomic mass is 19.3. The normalized spacial score (nSPS) is 19.8. The van der Waals surface area contributed by atoms with Crippen LogP contribution in [-0.4, -0.2) is 46.0 Å². The Kier molecular flexibility index (Phi) is 7.28. The Morgan fingerprint density at radius 1 is 1.20 bits per heavy atom. The van der Waals surface area contributed by atoms with Gasteiger partial charge in [0.2, 0.25) is 0 Å². The number of nitrogens with one attached hydrogen (secondary N) is 2. The van der Waals surface area contributed by atoms with Gasteiger partial charge in [0.15, 0.2) is 5.60 Å². The third-order valence-electron chi connectivity index (χ3n) is 4.66. The summed E-state index contributed by atoms with van der Waals surface area (Å²) in [5.41, 5.74) is -1.21. The first kappa shape index (κ1) is 23.0. The van der Waals surface area contributed by atoms with Crippen LogP contribution in [0.3, 0.4) is 0 Å². The highest BCUT2D eigenvalue weighted by Crippen LogP contribution is 2.38. The highest BCUT2D eigenvalue weighted by molar-refractivity contribution is 5.97. The number of carbonyl (C=O) groups is 3. The molecule has 1 aromatic rings. The molecule has 7 nitrogen and oxygen atoms in total. The topological polar surface area (TPSA) is 116 Å². The quantitative estimate of drug-likeness (QED) is 0.311. The molecular weight excluding hydrogens is 398 g/mol. The number of alkyl halides is 2. The summed E-state index contributed by atoms with van der Waals surface area (Å²) in [5.74, 6) is 8.86. The predicted octanol–water partition coefficient (Wildman–Crippen LogP) is 0.887. The Hall–Kier alpha value is -3.27. The van der Waals surface area contributed by atoms with Crippen LogP contribution in [0.15, 0.2) is 24.3 Å². The number of amides is 2. The van der Waals surface area contributed by atoms with Crippen LogP contribution >= 0.6 is 0 Å². The van der Waals surface area contributed by atoms with Gasteiger partial charge >= 0.3 is 0 Å². The van der Waals surface area contributed by atoms with Gasteiger partial charge < -0.3 is 10.4 Å². The smallest absolute Gasteiger partial charge is 0.269 e. The third kappa shape index (κ3) is 5.63. The summed E-state index contributed by atoms with van der Waals surface area (Å²) >= 11 is 0. The van der Waals surface area contributed by atoms with Crippen LogP contribution in [-0.2, 0) is 9.59 Å². The number of Topliss-reactive ketones (excluding diaryl/α,β-unsaturated/α-hetero) is 1. The van der Waals surface area contributed by atoms with Gasteiger partial charge in [-0.15, -0.1) is 0 Å². The van der Waals surface area contributed by atoms with E-state index in [1.807, 2.05) is 5.32 Å². The molecule has 0 saturated heterocycles. The molecule has 1 saturated carbocycles. The van der Waals surface area contributed by atoms with Gasteiger partial charge in [0.05, 0.1) is 0 Å². The van der Waals surface area contributed by atoms with Crippen molar-refractivity contribution < 1.29 is 33.5 Å². The molecule has 9 heteroatoms. The summed E-state index contributed by atoms with van der Waals surface area (Å²) in [7, 11) is 0. The number of halogens is 2. The Labute approximate surface area is 171 Å². The first-order chi connectivity index (χ1) is 14.1. The lowest BCUT2D eigenvalue weighted by molar-refractivity contribution is -0.149. The van der Waals surface area contributed by atoms with Crippen molar-refractivity contribution in [3.8, 4) is 23.7 Å². The maximum atomic E-state index is 13.0. The van der Waals surface area contributed by atoms with Crippen molar-refractivity contribution in [2.45, 2.75) is 38.3 Å². The van der Waals surface area contributed by atoms with Gasteiger partial charge in [-0.25, -0.2) is 14.3 Å². The molecule has 0 bridgehead atoms. The fraction of sp³-hybridized carbons (Fsp3) is 0.381. The molecule has 4 unspecified atom stereocenters. The lowest BCUT2D eigenvalue weighted by Gasteiger charge is -2.30. The Balaban J connectivity index is 2.04. The van der Waals surface area contributed by atoms with Crippen LogP contribution in [0, 0.1) is 35.5 Å². The standard InChI is InChI=1S/C21H20F2N2O5/c1-12(26)16-11-15(16)6-4-3-5-13-7-9-14(10-8-13)18(27)24-17(19(28)25-30)21(2,29)20(22)23/h7-10,15-17,20,29-30H,11H2,1-2H3,(H,24,27)(H,25,28). The minimum atomic E-state index is -3.36. The number of rotatable bonds is 6. The number of aliphatic hydroxyl groups is 1. The van der Waals surface area contributed by atoms with E-state index in [0.717, 1.165) is 11.9 Å². The van der Waals surface area contributed by atoms with Crippen LogP contribution in [0.25, 0.3) is 0 Å². The zero-order chi connectivity index (χ0) is 22.5. The average Bonchev–Trinajstić information content (AvgIpc) is 3.49. The van der Waals surface area contributed by atoms with Gasteiger partial charge in [-0.2, -0.15) is 0 Å². The van der Waals surface area contributed by atoms with Crippen molar-refractivity contribution >= 4 is 17.6 Å². The molecule has 1 aromatic carbocycles. The van der Waals surface area contributed by atoms with Crippen LogP contribution in [0.2, 0.25) is 0 Å². The first-order valence-electron chi connectivity index (χ1n) is 8.95. The predicted molar refractivity (Wildman–Crippen MR) is 101 cm³/mol. The molecule has 4 N–H and O–H groups in total. The Bertz CT molecular complexity index is 952. The molecule has 2 amide bonds. The molecule has 0 aromatic heterocycles. The zero-order valence-corrected chi connectivity index (χ0v) is 16.2. The van der Waals surface area contributed by atoms with E-state index in [1.165, 1.54) is 31.2 Å². The molecule has 0 radical (unpaired) electrons. The second-order valence-electron chi connectivity index (χ2n) is 7.07. The zero-order valence-electron chi connectivity index (χ0n) is 16.2. The molecule has 4 atom stereocenters. The molecule has 1 aliphatic carbocycles. The number of hydroxylamine groups is 1. The number of benzene rings is 1. The van der Waals surface area contributed by atoms with Crippen LogP contribution in [0.4, 0.5) is 8.78 Å². The lowest BCUT2D eigenvalue weighted by Crippen LogP contribution is -2.61. The monoisotopic (exact) mass is 418 g/mol. The molecular formula is C21H20F2N2O5. The molecule has 30 heavy (non-hydrogen) atoms. The summed E-state index contributed by atoms with van der Waals surface area (Å²) in [6, 6.07) is 3.59. The van der Waals surface area contributed by atoms with Crippen molar-refractivity contribution in [1.82, 2.24) is 10.8 Å². The van der Waals surface area contributed by atoms with Gasteiger partial charge in [-0.1, -0.05) is 11.8 Å². The molecule has 2 rings (SSSR count). The van der Waals surface area contributed by atoms with Crippen molar-refractivity contribution in [2.24, 2.45) is 11.8 Å². The van der Waals surface area contributed by atoms with E-state index in [9.17, 15) is 28.3 Å². The van der Waals surface area contributed by atoms with E-state index in [4.69, 9.17) is 5.21 Å². The van der Waals surface area contributed by atoms with Crippen molar-refractivity contribution in [3.63, 3.8) is 0 Å². The van der Waals surface area contributed by atoms with Gasteiger partial charge in [-0.05, 0) is 56.4 Å². The molecule has 158 valence electrons. The number of hydrogen-bond donors (Lipinski definition) is 4. The average molecular weight is 418 g/mol. The first-order valence-corrected chi connectivity index (χ1v) is 8.95. The van der Waals surface area contributed by atoms with Gasteiger partial charge in [0.1, 0.15) is 11.8 Å². The van der Waals surface area contributed by atoms with Crippen molar-refractivity contribution in [2.75, 3.05) is 0 Å². The van der Waals surface area contributed by atoms with Crippen LogP contribution in [0.1, 0.15) is 36.2 Å². The minimum absolute atomic E-state index is 0.000292. The number of hydrogen-bond acceptors (Lipinski definition) is 5. The lowest BCUT2D eigenvalue weighted by atomic mass is 9.95. The largest absolute Gasteiger partial charge is 0.381 e. The van der Waals surface area contributed by atoms with Crippen LogP contribution < -0.4 is 10.8 Å². The van der Waals surface area contributed by atoms with Gasteiger partial charge in [0.25, 0.3) is 18.2 Å². The summed E-state index contributed by atoms with van der Waals surface area (Å²) in [6.45, 7) is 2.19. The van der Waals surface area contributed by atoms with E-state index in [0.29, 0.717) is 12.5 Å². The second-order valence-corrected chi connectivity index (χ2v) is 7.07. The molecule has 1 aliphatic rings. The van der Waals surface area contributed by atoms with Gasteiger partial charge in [-0.3, -0.25) is 19.6 Å². The third-order valence-corrected chi connectivity index (χ3v) is 4.66. The summed E-state index contributed by atoms with van der Waals surface area (Å²) in [5, 5.41) is 20.5. The Morgan fingerprint density at radius 2 is 1.83 bits per heavy atom. The van der Waals surface area contributed by atoms with Crippen molar-refractivity contribution in [1.29, 1.82) is 0 Å². The van der Waals surface area contributed by atoms with E-state index in [2.05, 4.69) is 23.7 Å². The molecule has 0 spiro atoms. The van der Waals surface area contributed by atoms with E-state index < -0.39 is 29.9 Å². The summed E-state index contributed by atoms with van der Waals surface area (Å²) < 4.78 is 26.0. The highest BCUT2D eigenvalue weighted by Gasteiger charge is 2.46. The minimum Gasteiger partial charge on any atom is -0.381 e. The van der Waals surface area contributed by atoms with Crippen LogP contribution in [0.5, 0.6) is 0 Å². The molecule has 1 fully saturated rings. The molecule has 0 heterocycles. The number of carbonyl (C=O) groups excluding carboxylic acids is 3.